The molecule has 4 aliphatic rings. The van der Waals surface area contributed by atoms with Crippen LogP contribution >= 0.6 is 0 Å². The van der Waals surface area contributed by atoms with Crippen LogP contribution in [0.5, 0.6) is 5.75 Å². The minimum Gasteiger partial charge on any atom is -0.508 e. The van der Waals surface area contributed by atoms with Crippen molar-refractivity contribution in [1.82, 2.24) is 5.32 Å². The molecule has 0 saturated heterocycles. The number of amides is 1. The third kappa shape index (κ3) is 4.86. The van der Waals surface area contributed by atoms with E-state index >= 15 is 0 Å². The van der Waals surface area contributed by atoms with E-state index in [0.29, 0.717) is 32.2 Å². The third-order valence-corrected chi connectivity index (χ3v) is 10.7. The molecule has 0 radical (unpaired) electrons. The molecule has 9 heteroatoms. The second-order valence-corrected chi connectivity index (χ2v) is 12.7. The van der Waals surface area contributed by atoms with Crippen LogP contribution in [-0.4, -0.2) is 69.3 Å². The molecule has 1 aromatic carbocycles. The number of rotatable bonds is 8. The van der Waals surface area contributed by atoms with E-state index in [9.17, 15) is 30.0 Å². The second kappa shape index (κ2) is 10.9. The smallest absolute Gasteiger partial charge is 0.260 e. The van der Waals surface area contributed by atoms with Crippen molar-refractivity contribution in [3.05, 3.63) is 41.5 Å². The lowest BCUT2D eigenvalue weighted by Crippen LogP contribution is -2.62. The highest BCUT2D eigenvalue weighted by Crippen LogP contribution is 2.67. The Morgan fingerprint density at radius 2 is 1.88 bits per heavy atom. The average molecular weight is 555 g/mol. The Morgan fingerprint density at radius 1 is 1.12 bits per heavy atom. The molecule has 3 fully saturated rings. The number of hydrogen-bond donors (Lipinski definition) is 5. The predicted molar refractivity (Wildman–Crippen MR) is 148 cm³/mol. The molecule has 0 spiro atoms. The molecule has 218 valence electrons. The van der Waals surface area contributed by atoms with Crippen molar-refractivity contribution < 1.29 is 34.9 Å². The minimum atomic E-state index is -1.59. The van der Waals surface area contributed by atoms with Gasteiger partial charge in [0.25, 0.3) is 5.91 Å². The summed E-state index contributed by atoms with van der Waals surface area (Å²) in [4.78, 5) is 30.2. The van der Waals surface area contributed by atoms with Gasteiger partial charge in [0, 0.05) is 12.0 Å². The maximum Gasteiger partial charge on any atom is 0.260 e. The number of benzene rings is 1. The van der Waals surface area contributed by atoms with Crippen molar-refractivity contribution in [3.8, 4) is 5.75 Å². The lowest BCUT2D eigenvalue weighted by Gasteiger charge is -2.60. The van der Waals surface area contributed by atoms with Gasteiger partial charge in [-0.15, -0.1) is 0 Å². The number of allylic oxidation sites excluding steroid dienone is 2. The van der Waals surface area contributed by atoms with Crippen LogP contribution in [0.3, 0.4) is 0 Å². The summed E-state index contributed by atoms with van der Waals surface area (Å²) in [5, 5.41) is 48.9. The summed E-state index contributed by atoms with van der Waals surface area (Å²) in [6, 6.07) is 6.87. The molecule has 4 aliphatic carbocycles. The summed E-state index contributed by atoms with van der Waals surface area (Å²) in [5.74, 6) is -0.235. The van der Waals surface area contributed by atoms with Crippen LogP contribution in [0.25, 0.3) is 0 Å². The number of aliphatic hydroxyl groups is 3. The van der Waals surface area contributed by atoms with Crippen LogP contribution < -0.4 is 5.32 Å². The molecule has 1 aromatic rings. The molecule has 0 unspecified atom stereocenters. The molecule has 7 atom stereocenters. The summed E-state index contributed by atoms with van der Waals surface area (Å²) >= 11 is 0. The molecule has 0 aromatic heterocycles. The van der Waals surface area contributed by atoms with Gasteiger partial charge in [0.15, 0.2) is 12.4 Å². The number of aliphatic hydroxyl groups excluding tert-OH is 2. The molecule has 3 saturated carbocycles. The third-order valence-electron chi connectivity index (χ3n) is 10.7. The number of nitrogens with one attached hydrogen (secondary N) is 1. The van der Waals surface area contributed by atoms with Crippen molar-refractivity contribution in [1.29, 1.82) is 0 Å². The number of ketones is 1. The normalized spacial score (nSPS) is 37.6. The fraction of sp³-hybridized carbons (Fsp3) is 0.645. The lowest BCUT2D eigenvalue weighted by molar-refractivity contribution is -0.181. The maximum atomic E-state index is 12.6. The van der Waals surface area contributed by atoms with Crippen LogP contribution in [0, 0.1) is 28.6 Å². The number of aromatic hydroxyl groups is 1. The first kappa shape index (κ1) is 28.8. The first-order valence-corrected chi connectivity index (χ1v) is 14.5. The molecule has 9 nitrogen and oxygen atoms in total. The van der Waals surface area contributed by atoms with E-state index in [4.69, 9.17) is 4.84 Å². The van der Waals surface area contributed by atoms with Crippen molar-refractivity contribution in [2.24, 2.45) is 33.7 Å². The van der Waals surface area contributed by atoms with Crippen molar-refractivity contribution >= 4 is 17.4 Å². The zero-order chi connectivity index (χ0) is 28.7. The number of Topliss-reactive ketones (excluding diaryl/α,β-unsaturated/α-hetero) is 1. The second-order valence-electron chi connectivity index (χ2n) is 12.7. The Bertz CT molecular complexity index is 1200. The van der Waals surface area contributed by atoms with Gasteiger partial charge in [-0.05, 0) is 98.3 Å². The molecule has 40 heavy (non-hydrogen) atoms. The van der Waals surface area contributed by atoms with E-state index in [1.165, 1.54) is 5.57 Å². The topological polar surface area (TPSA) is 149 Å². The van der Waals surface area contributed by atoms with E-state index in [1.807, 2.05) is 19.1 Å². The Kier molecular flexibility index (Phi) is 7.85. The summed E-state index contributed by atoms with van der Waals surface area (Å²) in [6.07, 6.45) is 6.66. The van der Waals surface area contributed by atoms with Gasteiger partial charge in [-0.1, -0.05) is 36.7 Å². The standard InChI is InChI=1S/C31H42N2O7/c1-29-12-9-21(33-40-18-27(38)32-14-11-19-3-6-22(35)7-4-19)15-20(29)5-8-23-24-10-13-31(39,26(37)17-34)30(24,2)16-25(36)28(23)29/h3-4,6-7,15,23-25,28,34-36,39H,5,8-14,16-18H2,1-2H3,(H,32,38)/b33-21+/t23-,24+,25-,28-,29-,30-,31-/m0/s1. The highest BCUT2D eigenvalue weighted by Gasteiger charge is 2.68. The monoisotopic (exact) mass is 554 g/mol. The summed E-state index contributed by atoms with van der Waals surface area (Å²) in [6.45, 7) is 3.76. The van der Waals surface area contributed by atoms with Gasteiger partial charge in [0.2, 0.25) is 0 Å². The average Bonchev–Trinajstić information content (AvgIpc) is 3.20. The van der Waals surface area contributed by atoms with Gasteiger partial charge in [-0.3, -0.25) is 9.59 Å². The molecule has 5 N–H and O–H groups in total. The fourth-order valence-corrected chi connectivity index (χ4v) is 8.60. The van der Waals surface area contributed by atoms with Crippen LogP contribution in [0.2, 0.25) is 0 Å². The van der Waals surface area contributed by atoms with E-state index in [1.54, 1.807) is 12.1 Å². The summed E-state index contributed by atoms with van der Waals surface area (Å²) in [5.41, 5.74) is 0.503. The van der Waals surface area contributed by atoms with E-state index in [2.05, 4.69) is 23.5 Å². The summed E-state index contributed by atoms with van der Waals surface area (Å²) < 4.78 is 0. The molecule has 0 aliphatic heterocycles. The number of carbonyl (C=O) groups excluding carboxylic acids is 2. The largest absolute Gasteiger partial charge is 0.508 e. The van der Waals surface area contributed by atoms with Gasteiger partial charge >= 0.3 is 0 Å². The Morgan fingerprint density at radius 3 is 2.60 bits per heavy atom. The molecule has 1 amide bonds. The number of fused-ring (bicyclic) bond motifs is 5. The highest BCUT2D eigenvalue weighted by molar-refractivity contribution is 5.96. The number of phenols is 1. The fourth-order valence-electron chi connectivity index (χ4n) is 8.60. The molecule has 0 heterocycles. The van der Waals surface area contributed by atoms with Gasteiger partial charge in [0.1, 0.15) is 18.0 Å². The van der Waals surface area contributed by atoms with E-state index in [-0.39, 0.29) is 41.4 Å². The number of hydrogen-bond acceptors (Lipinski definition) is 8. The first-order chi connectivity index (χ1) is 19.0. The van der Waals surface area contributed by atoms with E-state index in [0.717, 1.165) is 37.0 Å². The number of phenolic OH excluding ortho intramolecular Hbond substituents is 1. The van der Waals surface area contributed by atoms with Gasteiger partial charge in [-0.2, -0.15) is 0 Å². The Hall–Kier alpha value is -2.75. The Balaban J connectivity index is 1.20. The van der Waals surface area contributed by atoms with Crippen molar-refractivity contribution in [2.45, 2.75) is 76.9 Å². The van der Waals surface area contributed by atoms with E-state index < -0.39 is 29.5 Å². The van der Waals surface area contributed by atoms with Gasteiger partial charge in [-0.25, -0.2) is 0 Å². The molecular formula is C31H42N2O7. The van der Waals surface area contributed by atoms with Crippen LogP contribution in [0.1, 0.15) is 64.4 Å². The summed E-state index contributed by atoms with van der Waals surface area (Å²) in [7, 11) is 0. The molecule has 0 bridgehead atoms. The SMILES string of the molecule is C[C@]12CC/C(=N\OCC(=O)NCCc3ccc(O)cc3)C=C1CC[C@@H]1[C@H]2[C@@H](O)C[C@@]2(C)[C@@H]1CC[C@]2(O)C(=O)CO. The van der Waals surface area contributed by atoms with Crippen molar-refractivity contribution in [2.75, 3.05) is 19.8 Å². The van der Waals surface area contributed by atoms with Crippen LogP contribution in [-0.2, 0) is 20.8 Å². The van der Waals surface area contributed by atoms with Crippen LogP contribution in [0.4, 0.5) is 0 Å². The molecule has 5 rings (SSSR count). The Labute approximate surface area is 235 Å². The number of nitrogens with zero attached hydrogens (tertiary/aromatic N) is 1. The number of carbonyl (C=O) groups is 2. The zero-order valence-electron chi connectivity index (χ0n) is 23.4. The zero-order valence-corrected chi connectivity index (χ0v) is 23.4. The number of oxime groups is 1. The van der Waals surface area contributed by atoms with Crippen molar-refractivity contribution in [3.63, 3.8) is 0 Å². The molecular weight excluding hydrogens is 512 g/mol. The van der Waals surface area contributed by atoms with Gasteiger partial charge in [0.05, 0.1) is 11.8 Å². The van der Waals surface area contributed by atoms with Gasteiger partial charge < -0.3 is 30.6 Å². The first-order valence-electron chi connectivity index (χ1n) is 14.5. The minimum absolute atomic E-state index is 0.0268. The maximum absolute atomic E-state index is 12.6. The lowest BCUT2D eigenvalue weighted by atomic mass is 9.45. The predicted octanol–water partition coefficient (Wildman–Crippen LogP) is 2.65. The highest BCUT2D eigenvalue weighted by atomic mass is 16.6. The van der Waals surface area contributed by atoms with Crippen LogP contribution in [0.15, 0.2) is 41.1 Å². The quantitative estimate of drug-likeness (QED) is 0.310.